The van der Waals surface area contributed by atoms with Gasteiger partial charge < -0.3 is 9.72 Å². The second kappa shape index (κ2) is 11.0. The van der Waals surface area contributed by atoms with Gasteiger partial charge in [-0.05, 0) is 53.1 Å². The van der Waals surface area contributed by atoms with Crippen molar-refractivity contribution in [2.75, 3.05) is 33.3 Å². The fourth-order valence-electron chi connectivity index (χ4n) is 6.11. The molecule has 1 aliphatic heterocycles. The molecular formula is C29H35N7O2. The topological polar surface area (TPSA) is 92.2 Å². The van der Waals surface area contributed by atoms with E-state index in [1.165, 1.54) is 32.1 Å². The number of hydrogen-bond donors (Lipinski definition) is 1. The van der Waals surface area contributed by atoms with Gasteiger partial charge in [0, 0.05) is 48.7 Å². The average Bonchev–Trinajstić information content (AvgIpc) is 3.42. The number of methoxy groups -OCH3 is 1. The van der Waals surface area contributed by atoms with Crippen LogP contribution >= 0.6 is 0 Å². The summed E-state index contributed by atoms with van der Waals surface area (Å²) in [5, 5.41) is 13.8. The smallest absolute Gasteiger partial charge is 0.253 e. The highest BCUT2D eigenvalue weighted by atomic mass is 16.5. The third kappa shape index (κ3) is 5.08. The largest absolute Gasteiger partial charge is 0.497 e. The number of ether oxygens (including phenoxy) is 1. The van der Waals surface area contributed by atoms with Crippen LogP contribution in [0.15, 0.2) is 59.4 Å². The van der Waals surface area contributed by atoms with Gasteiger partial charge in [0.2, 0.25) is 0 Å². The molecule has 0 radical (unpaired) electrons. The molecule has 198 valence electrons. The lowest BCUT2D eigenvalue weighted by atomic mass is 9.93. The molecule has 1 saturated heterocycles. The molecule has 1 saturated carbocycles. The number of nitrogens with one attached hydrogen (secondary N) is 1. The molecule has 0 amide bonds. The van der Waals surface area contributed by atoms with Crippen molar-refractivity contribution in [2.45, 2.75) is 50.7 Å². The summed E-state index contributed by atoms with van der Waals surface area (Å²) in [6, 6.07) is 18.2. The maximum absolute atomic E-state index is 13.5. The summed E-state index contributed by atoms with van der Waals surface area (Å²) in [5.41, 5.74) is 2.43. The zero-order chi connectivity index (χ0) is 25.9. The number of tetrazole rings is 1. The van der Waals surface area contributed by atoms with Gasteiger partial charge in [-0.25, -0.2) is 4.68 Å². The second-order valence-electron chi connectivity index (χ2n) is 10.5. The molecule has 9 heteroatoms. The van der Waals surface area contributed by atoms with Crippen molar-refractivity contribution in [3.8, 4) is 5.75 Å². The number of benzene rings is 2. The second-order valence-corrected chi connectivity index (χ2v) is 10.5. The van der Waals surface area contributed by atoms with Gasteiger partial charge in [-0.1, -0.05) is 49.6 Å². The van der Waals surface area contributed by atoms with Gasteiger partial charge in [0.15, 0.2) is 5.82 Å². The fourth-order valence-corrected chi connectivity index (χ4v) is 6.11. The molecule has 6 rings (SSSR count). The number of aromatic amines is 1. The Morgan fingerprint density at radius 2 is 1.79 bits per heavy atom. The van der Waals surface area contributed by atoms with Crippen LogP contribution in [0.25, 0.3) is 10.9 Å². The van der Waals surface area contributed by atoms with Crippen molar-refractivity contribution in [2.24, 2.45) is 0 Å². The van der Waals surface area contributed by atoms with E-state index >= 15 is 0 Å². The minimum atomic E-state index is -0.360. The molecule has 0 bridgehead atoms. The number of aromatic nitrogens is 5. The maximum atomic E-state index is 13.5. The summed E-state index contributed by atoms with van der Waals surface area (Å²) >= 11 is 0. The summed E-state index contributed by atoms with van der Waals surface area (Å²) < 4.78 is 7.29. The number of piperazine rings is 1. The van der Waals surface area contributed by atoms with Gasteiger partial charge in [-0.3, -0.25) is 14.6 Å². The van der Waals surface area contributed by atoms with Gasteiger partial charge in [-0.2, -0.15) is 0 Å². The van der Waals surface area contributed by atoms with Gasteiger partial charge in [0.25, 0.3) is 5.56 Å². The Balaban J connectivity index is 1.37. The van der Waals surface area contributed by atoms with E-state index in [9.17, 15) is 4.79 Å². The molecular weight excluding hydrogens is 478 g/mol. The summed E-state index contributed by atoms with van der Waals surface area (Å²) in [7, 11) is 1.65. The molecule has 1 aliphatic carbocycles. The molecule has 0 spiro atoms. The van der Waals surface area contributed by atoms with Crippen LogP contribution in [0, 0.1) is 0 Å². The Kier molecular flexibility index (Phi) is 7.20. The molecule has 1 N–H and O–H groups in total. The first-order valence-electron chi connectivity index (χ1n) is 13.7. The molecule has 0 unspecified atom stereocenters. The predicted molar refractivity (Wildman–Crippen MR) is 146 cm³/mol. The Morgan fingerprint density at radius 1 is 1.00 bits per heavy atom. The molecule has 9 nitrogen and oxygen atoms in total. The van der Waals surface area contributed by atoms with Crippen LogP contribution in [0.3, 0.4) is 0 Å². The van der Waals surface area contributed by atoms with Crippen molar-refractivity contribution in [1.82, 2.24) is 35.0 Å². The Morgan fingerprint density at radius 3 is 2.55 bits per heavy atom. The zero-order valence-corrected chi connectivity index (χ0v) is 21.9. The highest BCUT2D eigenvalue weighted by molar-refractivity contribution is 5.80. The number of fused-ring (bicyclic) bond motifs is 1. The number of nitrogens with zero attached hydrogens (tertiary/aromatic N) is 6. The number of hydrogen-bond acceptors (Lipinski definition) is 7. The summed E-state index contributed by atoms with van der Waals surface area (Å²) in [4.78, 5) is 21.7. The first kappa shape index (κ1) is 24.8. The lowest BCUT2D eigenvalue weighted by molar-refractivity contribution is 0.0618. The third-order valence-corrected chi connectivity index (χ3v) is 8.16. The van der Waals surface area contributed by atoms with Crippen molar-refractivity contribution in [3.63, 3.8) is 0 Å². The highest BCUT2D eigenvalue weighted by Gasteiger charge is 2.34. The average molecular weight is 514 g/mol. The minimum absolute atomic E-state index is 0.114. The molecule has 2 aromatic heterocycles. The molecule has 3 heterocycles. The van der Waals surface area contributed by atoms with E-state index < -0.39 is 0 Å². The molecule has 2 aliphatic rings. The third-order valence-electron chi connectivity index (χ3n) is 8.16. The molecule has 38 heavy (non-hydrogen) atoms. The van der Waals surface area contributed by atoms with Crippen molar-refractivity contribution < 1.29 is 4.74 Å². The lowest BCUT2D eigenvalue weighted by Gasteiger charge is -2.43. The molecule has 4 aromatic rings. The summed E-state index contributed by atoms with van der Waals surface area (Å²) in [5.74, 6) is 1.44. The van der Waals surface area contributed by atoms with E-state index in [0.717, 1.165) is 48.4 Å². The Hall–Kier alpha value is -3.56. The van der Waals surface area contributed by atoms with E-state index in [4.69, 9.17) is 4.74 Å². The molecule has 1 atom stereocenters. The van der Waals surface area contributed by atoms with Crippen LogP contribution in [0.5, 0.6) is 5.75 Å². The van der Waals surface area contributed by atoms with Gasteiger partial charge in [0.1, 0.15) is 11.8 Å². The van der Waals surface area contributed by atoms with Gasteiger partial charge in [0.05, 0.1) is 13.7 Å². The first-order chi connectivity index (χ1) is 18.7. The number of rotatable bonds is 7. The quantitative estimate of drug-likeness (QED) is 0.404. The van der Waals surface area contributed by atoms with Gasteiger partial charge in [-0.15, -0.1) is 5.10 Å². The van der Waals surface area contributed by atoms with Crippen LogP contribution in [-0.2, 0) is 6.54 Å². The standard InChI is InChI=1S/C29H35N7O2/c1-38-24-12-13-26-22(18-24)19-25(29(37)30-26)27(28-31-32-33-36(28)20-21-8-4-2-5-9-21)35-16-14-34(15-17-35)23-10-6-3-7-11-23/h2,4-5,8-9,12-13,18-19,23,27H,3,6-7,10-11,14-17,20H2,1H3,(H,30,37)/t27-/m0/s1. The Bertz CT molecular complexity index is 1420. The maximum Gasteiger partial charge on any atom is 0.253 e. The van der Waals surface area contributed by atoms with Crippen LogP contribution in [0.1, 0.15) is 55.1 Å². The van der Waals surface area contributed by atoms with Crippen LogP contribution in [0.2, 0.25) is 0 Å². The predicted octanol–water partition coefficient (Wildman–Crippen LogP) is 3.61. The summed E-state index contributed by atoms with van der Waals surface area (Å²) in [6.07, 6.45) is 6.61. The summed E-state index contributed by atoms with van der Waals surface area (Å²) in [6.45, 7) is 4.23. The van der Waals surface area contributed by atoms with E-state index in [2.05, 4.69) is 42.4 Å². The molecule has 2 aromatic carbocycles. The fraction of sp³-hybridized carbons (Fsp3) is 0.448. The SMILES string of the molecule is COc1ccc2[nH]c(=O)c([C@@H](c3nnnn3Cc3ccccc3)N3CCN(C4CCCCC4)CC3)cc2c1. The van der Waals surface area contributed by atoms with Crippen molar-refractivity contribution in [3.05, 3.63) is 81.9 Å². The van der Waals surface area contributed by atoms with E-state index in [-0.39, 0.29) is 11.6 Å². The van der Waals surface area contributed by atoms with Gasteiger partial charge >= 0.3 is 0 Å². The highest BCUT2D eigenvalue weighted by Crippen LogP contribution is 2.31. The number of pyridine rings is 1. The lowest BCUT2D eigenvalue weighted by Crippen LogP contribution is -2.52. The van der Waals surface area contributed by atoms with E-state index in [1.54, 1.807) is 7.11 Å². The van der Waals surface area contributed by atoms with Crippen LogP contribution < -0.4 is 10.3 Å². The van der Waals surface area contributed by atoms with Crippen molar-refractivity contribution in [1.29, 1.82) is 0 Å². The zero-order valence-electron chi connectivity index (χ0n) is 21.9. The normalized spacial score (nSPS) is 18.6. The molecule has 2 fully saturated rings. The first-order valence-corrected chi connectivity index (χ1v) is 13.7. The monoisotopic (exact) mass is 513 g/mol. The van der Waals surface area contributed by atoms with E-state index in [1.807, 2.05) is 47.1 Å². The minimum Gasteiger partial charge on any atom is -0.497 e. The van der Waals surface area contributed by atoms with Crippen molar-refractivity contribution >= 4 is 10.9 Å². The number of H-pyrrole nitrogens is 1. The van der Waals surface area contributed by atoms with E-state index in [0.29, 0.717) is 24.0 Å². The van der Waals surface area contributed by atoms with Crippen LogP contribution in [0.4, 0.5) is 0 Å². The Labute approximate surface area is 222 Å². The van der Waals surface area contributed by atoms with Crippen LogP contribution in [-0.4, -0.2) is 74.3 Å².